The van der Waals surface area contributed by atoms with Gasteiger partial charge in [-0.05, 0) is 59.5 Å². The topological polar surface area (TPSA) is 50.9 Å². The van der Waals surface area contributed by atoms with Crippen molar-refractivity contribution in [1.82, 2.24) is 24.6 Å². The molecule has 1 N–H and O–H groups in total. The average molecular weight is 564 g/mol. The lowest BCUT2D eigenvalue weighted by atomic mass is 10.0. The van der Waals surface area contributed by atoms with Crippen LogP contribution in [0.15, 0.2) is 66.9 Å². The van der Waals surface area contributed by atoms with Crippen LogP contribution in [0.5, 0.6) is 0 Å². The van der Waals surface area contributed by atoms with E-state index in [4.69, 9.17) is 28.2 Å². The molecule has 1 saturated heterocycles. The quantitative estimate of drug-likeness (QED) is 0.244. The number of benzene rings is 3. The van der Waals surface area contributed by atoms with Gasteiger partial charge in [-0.25, -0.2) is 14.1 Å². The van der Waals surface area contributed by atoms with E-state index in [1.54, 1.807) is 18.3 Å². The van der Waals surface area contributed by atoms with E-state index in [1.807, 2.05) is 22.9 Å². The zero-order chi connectivity index (χ0) is 27.1. The Morgan fingerprint density at radius 2 is 1.74 bits per heavy atom. The van der Waals surface area contributed by atoms with Gasteiger partial charge in [-0.15, -0.1) is 0 Å². The lowest BCUT2D eigenvalue weighted by Gasteiger charge is -2.29. The fourth-order valence-electron chi connectivity index (χ4n) is 5.17. The molecule has 39 heavy (non-hydrogen) atoms. The number of imidazole rings is 1. The highest BCUT2D eigenvalue weighted by Gasteiger charge is 2.23. The van der Waals surface area contributed by atoms with Crippen molar-refractivity contribution in [3.05, 3.63) is 93.8 Å². The molecule has 3 heterocycles. The maximum atomic E-state index is 13.9. The van der Waals surface area contributed by atoms with E-state index < -0.39 is 5.82 Å². The van der Waals surface area contributed by atoms with Gasteiger partial charge in [-0.1, -0.05) is 55.2 Å². The van der Waals surface area contributed by atoms with Crippen LogP contribution in [-0.2, 0) is 6.54 Å². The second-order valence-corrected chi connectivity index (χ2v) is 11.0. The fraction of sp³-hybridized carbons (Fsp3) is 0.267. The van der Waals surface area contributed by atoms with Crippen LogP contribution in [0, 0.1) is 5.82 Å². The summed E-state index contributed by atoms with van der Waals surface area (Å²) in [6.07, 6.45) is 1.80. The molecule has 200 valence electrons. The van der Waals surface area contributed by atoms with Gasteiger partial charge in [-0.3, -0.25) is 0 Å². The fourth-order valence-corrected chi connectivity index (χ4v) is 5.58. The number of fused-ring (bicyclic) bond motifs is 1. The zero-order valence-corrected chi connectivity index (χ0v) is 23.3. The summed E-state index contributed by atoms with van der Waals surface area (Å²) >= 11 is 12.9. The Hall–Kier alpha value is -3.39. The molecule has 1 fully saturated rings. The van der Waals surface area contributed by atoms with E-state index in [0.717, 1.165) is 65.7 Å². The summed E-state index contributed by atoms with van der Waals surface area (Å²) in [6, 6.07) is 19.2. The summed E-state index contributed by atoms with van der Waals surface area (Å²) in [7, 11) is 0. The van der Waals surface area contributed by atoms with Crippen LogP contribution < -0.4 is 10.2 Å². The number of halogens is 3. The molecule has 1 aliphatic rings. The zero-order valence-electron chi connectivity index (χ0n) is 21.8. The number of nitrogens with one attached hydrogen (secondary N) is 1. The predicted octanol–water partition coefficient (Wildman–Crippen LogP) is 6.92. The first kappa shape index (κ1) is 25.9. The highest BCUT2D eigenvalue weighted by Crippen LogP contribution is 2.36. The van der Waals surface area contributed by atoms with E-state index in [1.165, 1.54) is 11.6 Å². The van der Waals surface area contributed by atoms with Crippen molar-refractivity contribution in [3.63, 3.8) is 0 Å². The molecular weight excluding hydrogens is 534 g/mol. The van der Waals surface area contributed by atoms with Gasteiger partial charge < -0.3 is 14.8 Å². The number of hydrogen-bond acceptors (Lipinski definition) is 4. The second kappa shape index (κ2) is 10.6. The van der Waals surface area contributed by atoms with Crippen LogP contribution in [0.1, 0.15) is 30.9 Å². The van der Waals surface area contributed by atoms with Crippen molar-refractivity contribution in [2.75, 3.05) is 31.1 Å². The van der Waals surface area contributed by atoms with E-state index in [2.05, 4.69) is 58.0 Å². The van der Waals surface area contributed by atoms with Gasteiger partial charge in [0.2, 0.25) is 5.95 Å². The molecule has 0 amide bonds. The smallest absolute Gasteiger partial charge is 0.206 e. The Balaban J connectivity index is 1.51. The number of hydrogen-bond donors (Lipinski definition) is 1. The summed E-state index contributed by atoms with van der Waals surface area (Å²) in [6.45, 7) is 8.25. The first-order valence-electron chi connectivity index (χ1n) is 13.1. The van der Waals surface area contributed by atoms with Crippen molar-refractivity contribution in [3.8, 4) is 16.9 Å². The number of aromatic nitrogens is 4. The third kappa shape index (κ3) is 5.02. The summed E-state index contributed by atoms with van der Waals surface area (Å²) in [5.74, 6) is 0.869. The molecule has 3 aromatic carbocycles. The van der Waals surface area contributed by atoms with E-state index in [0.29, 0.717) is 17.5 Å². The minimum absolute atomic E-state index is 0.103. The predicted molar refractivity (Wildman–Crippen MR) is 157 cm³/mol. The molecule has 0 spiro atoms. The van der Waals surface area contributed by atoms with Gasteiger partial charge in [0.25, 0.3) is 0 Å². The minimum atomic E-state index is -0.432. The van der Waals surface area contributed by atoms with Crippen molar-refractivity contribution >= 4 is 40.2 Å². The van der Waals surface area contributed by atoms with Gasteiger partial charge in [0.05, 0.1) is 34.7 Å². The lowest BCUT2D eigenvalue weighted by Crippen LogP contribution is -2.44. The Labute approximate surface area is 237 Å². The van der Waals surface area contributed by atoms with Gasteiger partial charge in [0.1, 0.15) is 11.3 Å². The standard InChI is InChI=1S/C30H29Cl2FN6/c1-19(2)21-4-6-23(7-5-21)39-27(9-10-35-39)24-16-22(31)17-28-29(24)36-30(37-13-11-34-12-14-37)38(28)18-20-3-8-26(33)25(32)15-20/h3-10,15-17,19,34H,11-14,18H2,1-2H3. The van der Waals surface area contributed by atoms with E-state index >= 15 is 0 Å². The maximum Gasteiger partial charge on any atom is 0.206 e. The number of rotatable bonds is 6. The van der Waals surface area contributed by atoms with Gasteiger partial charge in [0, 0.05) is 36.8 Å². The van der Waals surface area contributed by atoms with Gasteiger partial charge in [-0.2, -0.15) is 5.10 Å². The van der Waals surface area contributed by atoms with Crippen molar-refractivity contribution in [2.45, 2.75) is 26.3 Å². The van der Waals surface area contributed by atoms with Gasteiger partial charge in [0.15, 0.2) is 0 Å². The summed E-state index contributed by atoms with van der Waals surface area (Å²) < 4.78 is 18.0. The molecule has 0 saturated carbocycles. The third-order valence-electron chi connectivity index (χ3n) is 7.25. The molecule has 0 aliphatic carbocycles. The van der Waals surface area contributed by atoms with Crippen molar-refractivity contribution in [2.24, 2.45) is 0 Å². The molecular formula is C30H29Cl2FN6. The van der Waals surface area contributed by atoms with E-state index in [-0.39, 0.29) is 5.02 Å². The molecule has 6 nitrogen and oxygen atoms in total. The molecule has 9 heteroatoms. The summed E-state index contributed by atoms with van der Waals surface area (Å²) in [4.78, 5) is 7.47. The monoisotopic (exact) mass is 562 g/mol. The third-order valence-corrected chi connectivity index (χ3v) is 7.75. The van der Waals surface area contributed by atoms with Crippen LogP contribution in [-0.4, -0.2) is 45.5 Å². The Bertz CT molecular complexity index is 1630. The number of piperazine rings is 1. The maximum absolute atomic E-state index is 13.9. The second-order valence-electron chi connectivity index (χ2n) is 10.2. The van der Waals surface area contributed by atoms with Crippen LogP contribution >= 0.6 is 23.2 Å². The van der Waals surface area contributed by atoms with Crippen LogP contribution in [0.4, 0.5) is 10.3 Å². The van der Waals surface area contributed by atoms with Gasteiger partial charge >= 0.3 is 0 Å². The van der Waals surface area contributed by atoms with Crippen molar-refractivity contribution < 1.29 is 4.39 Å². The summed E-state index contributed by atoms with van der Waals surface area (Å²) in [5.41, 5.74) is 6.66. The molecule has 1 aliphatic heterocycles. The highest BCUT2D eigenvalue weighted by molar-refractivity contribution is 6.32. The number of nitrogens with zero attached hydrogens (tertiary/aromatic N) is 5. The first-order chi connectivity index (χ1) is 18.9. The normalized spacial score (nSPS) is 14.1. The highest BCUT2D eigenvalue weighted by atomic mass is 35.5. The first-order valence-corrected chi connectivity index (χ1v) is 13.9. The molecule has 0 atom stereocenters. The minimum Gasteiger partial charge on any atom is -0.340 e. The summed E-state index contributed by atoms with van der Waals surface area (Å²) in [5, 5.41) is 8.76. The average Bonchev–Trinajstić information content (AvgIpc) is 3.56. The lowest BCUT2D eigenvalue weighted by molar-refractivity contribution is 0.571. The molecule has 5 aromatic rings. The van der Waals surface area contributed by atoms with E-state index in [9.17, 15) is 4.39 Å². The molecule has 0 radical (unpaired) electrons. The van der Waals surface area contributed by atoms with Crippen LogP contribution in [0.3, 0.4) is 0 Å². The Morgan fingerprint density at radius 1 is 0.974 bits per heavy atom. The molecule has 0 unspecified atom stereocenters. The Kier molecular flexibility index (Phi) is 7.06. The van der Waals surface area contributed by atoms with Crippen LogP contribution in [0.25, 0.3) is 28.0 Å². The number of anilines is 1. The SMILES string of the molecule is CC(C)c1ccc(-n2nccc2-c2cc(Cl)cc3c2nc(N2CCNCC2)n3Cc2ccc(F)c(Cl)c2)cc1. The molecule has 0 bridgehead atoms. The van der Waals surface area contributed by atoms with Crippen LogP contribution in [0.2, 0.25) is 10.0 Å². The Morgan fingerprint density at radius 3 is 2.46 bits per heavy atom. The van der Waals surface area contributed by atoms with Crippen molar-refractivity contribution in [1.29, 1.82) is 0 Å². The molecule has 6 rings (SSSR count). The largest absolute Gasteiger partial charge is 0.340 e. The molecule has 2 aromatic heterocycles.